The second kappa shape index (κ2) is 9.31. The Balaban J connectivity index is 1.17. The average molecular weight is 588 g/mol. The van der Waals surface area contributed by atoms with Gasteiger partial charge in [0.15, 0.2) is 0 Å². The molecule has 222 valence electrons. The van der Waals surface area contributed by atoms with E-state index in [0.29, 0.717) is 36.9 Å². The van der Waals surface area contributed by atoms with Crippen molar-refractivity contribution in [2.45, 2.75) is 68.4 Å². The lowest BCUT2D eigenvalue weighted by Gasteiger charge is -2.46. The molecule has 4 aliphatic rings. The van der Waals surface area contributed by atoms with Crippen molar-refractivity contribution in [3.05, 3.63) is 76.4 Å². The van der Waals surface area contributed by atoms with Gasteiger partial charge in [-0.25, -0.2) is 8.78 Å². The Morgan fingerprint density at radius 2 is 1.86 bits per heavy atom. The highest BCUT2D eigenvalue weighted by Gasteiger charge is 2.71. The molecule has 0 saturated heterocycles. The van der Waals surface area contributed by atoms with E-state index in [1.54, 1.807) is 25.6 Å². The Morgan fingerprint density at radius 1 is 1.12 bits per heavy atom. The van der Waals surface area contributed by atoms with Crippen LogP contribution in [-0.4, -0.2) is 45.8 Å². The lowest BCUT2D eigenvalue weighted by molar-refractivity contribution is -0.138. The van der Waals surface area contributed by atoms with Crippen molar-refractivity contribution in [3.8, 4) is 0 Å². The maximum Gasteiger partial charge on any atom is 0.416 e. The number of aromatic nitrogens is 3. The number of halogens is 5. The van der Waals surface area contributed by atoms with Gasteiger partial charge in [0.2, 0.25) is 0 Å². The first-order valence-electron chi connectivity index (χ1n) is 14.1. The van der Waals surface area contributed by atoms with E-state index >= 15 is 0 Å². The van der Waals surface area contributed by atoms with Crippen molar-refractivity contribution in [2.24, 2.45) is 18.9 Å². The number of hydrogen-bond acceptors (Lipinski definition) is 5. The van der Waals surface area contributed by atoms with E-state index in [1.807, 2.05) is 23.7 Å². The number of hydrogen-bond donors (Lipinski definition) is 1. The normalized spacial score (nSPS) is 28.1. The van der Waals surface area contributed by atoms with Crippen molar-refractivity contribution < 1.29 is 31.5 Å². The molecule has 2 heterocycles. The first-order valence-corrected chi connectivity index (χ1v) is 14.1. The van der Waals surface area contributed by atoms with Crippen molar-refractivity contribution in [3.63, 3.8) is 0 Å². The first-order chi connectivity index (χ1) is 19.9. The highest BCUT2D eigenvalue weighted by Crippen LogP contribution is 2.64. The number of fused-ring (bicyclic) bond motifs is 2. The van der Waals surface area contributed by atoms with Crippen molar-refractivity contribution in [1.82, 2.24) is 20.1 Å². The molecule has 1 aromatic heterocycles. The van der Waals surface area contributed by atoms with Crippen LogP contribution < -0.4 is 10.2 Å². The molecule has 2 atom stereocenters. The zero-order chi connectivity index (χ0) is 29.6. The molecule has 3 aliphatic carbocycles. The highest BCUT2D eigenvalue weighted by atomic mass is 19.4. The molecule has 12 heteroatoms. The molecular weight excluding hydrogens is 557 g/mol. The number of anilines is 1. The number of carbonyl (C=O) groups excluding carboxylic acids is 1. The summed E-state index contributed by atoms with van der Waals surface area (Å²) < 4.78 is 77.2. The monoisotopic (exact) mass is 587 g/mol. The van der Waals surface area contributed by atoms with E-state index in [0.717, 1.165) is 17.5 Å². The van der Waals surface area contributed by atoms with E-state index in [-0.39, 0.29) is 36.4 Å². The Morgan fingerprint density at radius 3 is 2.50 bits per heavy atom. The van der Waals surface area contributed by atoms with Crippen LogP contribution in [0.3, 0.4) is 0 Å². The highest BCUT2D eigenvalue weighted by molar-refractivity contribution is 6.10. The van der Waals surface area contributed by atoms with Crippen LogP contribution in [-0.2, 0) is 36.5 Å². The molecule has 1 amide bonds. The Kier molecular flexibility index (Phi) is 6.08. The van der Waals surface area contributed by atoms with Crippen molar-refractivity contribution in [2.75, 3.05) is 12.0 Å². The third-order valence-corrected chi connectivity index (χ3v) is 9.78. The smallest absolute Gasteiger partial charge is 0.381 e. The average Bonchev–Trinajstić information content (AvgIpc) is 3.43. The van der Waals surface area contributed by atoms with Gasteiger partial charge in [-0.05, 0) is 66.6 Å². The molecule has 3 fully saturated rings. The fourth-order valence-electron chi connectivity index (χ4n) is 7.39. The Labute approximate surface area is 239 Å². The number of ether oxygens (including phenoxy) is 1. The number of rotatable bonds is 7. The molecule has 3 aromatic rings. The molecular formula is C30H30F5N5O2. The molecule has 3 saturated carbocycles. The van der Waals surface area contributed by atoms with Gasteiger partial charge in [0.05, 0.1) is 23.6 Å². The number of methoxy groups -OCH3 is 1. The maximum absolute atomic E-state index is 14.2. The Hall–Kier alpha value is -3.38. The molecule has 7 rings (SSSR count). The van der Waals surface area contributed by atoms with Gasteiger partial charge in [0.25, 0.3) is 11.8 Å². The van der Waals surface area contributed by atoms with Crippen LogP contribution >= 0.6 is 0 Å². The van der Waals surface area contributed by atoms with Crippen LogP contribution in [0.4, 0.5) is 27.6 Å². The van der Waals surface area contributed by atoms with Gasteiger partial charge < -0.3 is 19.5 Å². The minimum atomic E-state index is -4.66. The van der Waals surface area contributed by atoms with Crippen LogP contribution in [0, 0.1) is 11.8 Å². The maximum atomic E-state index is 14.2. The van der Waals surface area contributed by atoms with Crippen molar-refractivity contribution >= 4 is 11.6 Å². The summed E-state index contributed by atoms with van der Waals surface area (Å²) in [6, 6.07) is 9.71. The molecule has 1 aliphatic heterocycles. The topological polar surface area (TPSA) is 72.3 Å². The first kappa shape index (κ1) is 27.5. The van der Waals surface area contributed by atoms with Gasteiger partial charge >= 0.3 is 6.18 Å². The van der Waals surface area contributed by atoms with Crippen LogP contribution in [0.25, 0.3) is 0 Å². The van der Waals surface area contributed by atoms with Crippen LogP contribution in [0.1, 0.15) is 64.1 Å². The SMILES string of the molecule is COC1CC(c2cccc(N3Cc4c(cc(CNC5C[C@@H]6[C@@H](C5)C6(F)F)cc4C(F)(F)F)C3=O)c2)(c2nncn2C)C1. The van der Waals surface area contributed by atoms with Gasteiger partial charge in [0.1, 0.15) is 12.2 Å². The number of benzene rings is 2. The standard InChI is InChI=1S/C30H30F5N5O2/c1-39-15-37-38-27(39)28(11-20(12-28)42-2)17-4-3-5-19(8-17)40-14-22-21(26(40)41)6-16(7-23(22)30(33,34)35)13-36-18-9-24-25(10-18)29(24,31)32/h3-8,15,18,20,24-25,36H,9-14H2,1-2H3/t20?,24-,25-,28?/m1/s1. The predicted molar refractivity (Wildman–Crippen MR) is 142 cm³/mol. The largest absolute Gasteiger partial charge is 0.416 e. The van der Waals surface area contributed by atoms with E-state index < -0.39 is 40.8 Å². The third-order valence-electron chi connectivity index (χ3n) is 9.78. The summed E-state index contributed by atoms with van der Waals surface area (Å²) in [6.07, 6.45) is -1.10. The zero-order valence-corrected chi connectivity index (χ0v) is 23.1. The van der Waals surface area contributed by atoms with E-state index in [9.17, 15) is 26.7 Å². The molecule has 0 bridgehead atoms. The molecule has 42 heavy (non-hydrogen) atoms. The molecule has 0 unspecified atom stereocenters. The lowest BCUT2D eigenvalue weighted by Crippen LogP contribution is -2.48. The quantitative estimate of drug-likeness (QED) is 0.384. The van der Waals surface area contributed by atoms with Gasteiger partial charge in [0, 0.05) is 49.8 Å². The van der Waals surface area contributed by atoms with Crippen LogP contribution in [0.5, 0.6) is 0 Å². The summed E-state index contributed by atoms with van der Waals surface area (Å²) in [5.74, 6) is -3.64. The predicted octanol–water partition coefficient (Wildman–Crippen LogP) is 5.22. The summed E-state index contributed by atoms with van der Waals surface area (Å²) in [5.41, 5.74) is 0.289. The summed E-state index contributed by atoms with van der Waals surface area (Å²) in [7, 11) is 3.51. The fourth-order valence-corrected chi connectivity index (χ4v) is 7.39. The minimum Gasteiger partial charge on any atom is -0.381 e. The lowest BCUT2D eigenvalue weighted by atomic mass is 9.62. The minimum absolute atomic E-state index is 0.0129. The third kappa shape index (κ3) is 4.16. The van der Waals surface area contributed by atoms with Gasteiger partial charge in [-0.15, -0.1) is 10.2 Å². The van der Waals surface area contributed by atoms with E-state index in [2.05, 4.69) is 15.5 Å². The fraction of sp³-hybridized carbons (Fsp3) is 0.500. The molecule has 1 N–H and O–H groups in total. The van der Waals surface area contributed by atoms with E-state index in [4.69, 9.17) is 4.74 Å². The molecule has 2 aromatic carbocycles. The Bertz CT molecular complexity index is 1550. The van der Waals surface area contributed by atoms with E-state index in [1.165, 1.54) is 11.0 Å². The number of nitrogens with one attached hydrogen (secondary N) is 1. The molecule has 0 radical (unpaired) electrons. The van der Waals surface area contributed by atoms with Gasteiger partial charge in [-0.2, -0.15) is 13.2 Å². The number of nitrogens with zero attached hydrogens (tertiary/aromatic N) is 4. The number of alkyl halides is 5. The second-order valence-electron chi connectivity index (χ2n) is 12.2. The van der Waals surface area contributed by atoms with Crippen LogP contribution in [0.15, 0.2) is 42.7 Å². The molecule has 0 spiro atoms. The summed E-state index contributed by atoms with van der Waals surface area (Å²) in [4.78, 5) is 15.0. The summed E-state index contributed by atoms with van der Waals surface area (Å²) in [5, 5.41) is 11.5. The zero-order valence-electron chi connectivity index (χ0n) is 23.1. The number of aryl methyl sites for hydroxylation is 1. The van der Waals surface area contributed by atoms with Gasteiger partial charge in [-0.1, -0.05) is 12.1 Å². The van der Waals surface area contributed by atoms with Crippen LogP contribution in [0.2, 0.25) is 0 Å². The number of amides is 1. The molecule has 7 nitrogen and oxygen atoms in total. The van der Waals surface area contributed by atoms with Crippen molar-refractivity contribution in [1.29, 1.82) is 0 Å². The van der Waals surface area contributed by atoms with Gasteiger partial charge in [-0.3, -0.25) is 4.79 Å². The number of carbonyl (C=O) groups is 1. The summed E-state index contributed by atoms with van der Waals surface area (Å²) >= 11 is 0. The summed E-state index contributed by atoms with van der Waals surface area (Å²) in [6.45, 7) is -0.144. The second-order valence-corrected chi connectivity index (χ2v) is 12.2.